The van der Waals surface area contributed by atoms with Crippen LogP contribution in [0, 0.1) is 5.41 Å². The molecule has 1 amide bonds. The molecular formula is C25H38N2O4. The van der Waals surface area contributed by atoms with Crippen molar-refractivity contribution < 1.29 is 19.1 Å². The van der Waals surface area contributed by atoms with E-state index in [9.17, 15) is 9.59 Å². The summed E-state index contributed by atoms with van der Waals surface area (Å²) in [7, 11) is 0. The third-order valence-corrected chi connectivity index (χ3v) is 6.09. The minimum atomic E-state index is -0.497. The fraction of sp³-hybridized carbons (Fsp3) is 0.680. The van der Waals surface area contributed by atoms with Crippen molar-refractivity contribution in [3.63, 3.8) is 0 Å². The van der Waals surface area contributed by atoms with E-state index in [1.54, 1.807) is 0 Å². The molecule has 0 N–H and O–H groups in total. The molecule has 0 bridgehead atoms. The third-order valence-electron chi connectivity index (χ3n) is 6.09. The maximum Gasteiger partial charge on any atom is 0.410 e. The Morgan fingerprint density at radius 1 is 0.935 bits per heavy atom. The Morgan fingerprint density at radius 3 is 2.00 bits per heavy atom. The Bertz CT molecular complexity index is 796. The fourth-order valence-corrected chi connectivity index (χ4v) is 4.63. The smallest absolute Gasteiger partial charge is 0.410 e. The van der Waals surface area contributed by atoms with Gasteiger partial charge in [0.05, 0.1) is 5.56 Å². The fourth-order valence-electron chi connectivity index (χ4n) is 4.63. The molecule has 1 aromatic rings. The maximum absolute atomic E-state index is 12.6. The number of hydrogen-bond donors (Lipinski definition) is 0. The monoisotopic (exact) mass is 430 g/mol. The second-order valence-electron chi connectivity index (χ2n) is 11.2. The molecule has 31 heavy (non-hydrogen) atoms. The molecule has 6 heteroatoms. The number of carbonyl (C=O) groups excluding carboxylic acids is 2. The molecular weight excluding hydrogens is 392 g/mol. The van der Waals surface area contributed by atoms with E-state index in [0.717, 1.165) is 44.6 Å². The summed E-state index contributed by atoms with van der Waals surface area (Å²) < 4.78 is 11.1. The molecule has 0 aromatic heterocycles. The van der Waals surface area contributed by atoms with E-state index >= 15 is 0 Å². The second-order valence-corrected chi connectivity index (χ2v) is 11.2. The minimum Gasteiger partial charge on any atom is -0.456 e. The number of anilines is 1. The molecule has 172 valence electrons. The molecule has 1 atom stereocenters. The van der Waals surface area contributed by atoms with Crippen LogP contribution < -0.4 is 4.90 Å². The number of benzene rings is 1. The van der Waals surface area contributed by atoms with E-state index in [4.69, 9.17) is 9.47 Å². The predicted octanol–water partition coefficient (Wildman–Crippen LogP) is 5.26. The lowest BCUT2D eigenvalue weighted by atomic mass is 9.76. The van der Waals surface area contributed by atoms with E-state index in [1.165, 1.54) is 0 Å². The summed E-state index contributed by atoms with van der Waals surface area (Å²) in [5.74, 6) is -0.293. The average Bonchev–Trinajstić information content (AvgIpc) is 2.96. The van der Waals surface area contributed by atoms with Gasteiger partial charge in [0.2, 0.25) is 0 Å². The molecule has 2 fully saturated rings. The van der Waals surface area contributed by atoms with Crippen LogP contribution in [-0.4, -0.2) is 53.8 Å². The second kappa shape index (κ2) is 8.36. The molecule has 0 saturated carbocycles. The van der Waals surface area contributed by atoms with Gasteiger partial charge in [-0.3, -0.25) is 0 Å². The standard InChI is InChI=1S/C25H38N2O4/c1-18-16-25(17-27(18)22(29)31-24(5,6)7)12-14-26(15-13-25)20-10-8-19(9-11-20)21(28)30-23(2,3)4/h8-11,18H,12-17H2,1-7H3. The van der Waals surface area contributed by atoms with Gasteiger partial charge in [-0.25, -0.2) is 9.59 Å². The summed E-state index contributed by atoms with van der Waals surface area (Å²) in [6.45, 7) is 16.1. The molecule has 2 saturated heterocycles. The molecule has 2 aliphatic heterocycles. The normalized spacial score (nSPS) is 21.3. The van der Waals surface area contributed by atoms with Crippen LogP contribution in [0.3, 0.4) is 0 Å². The van der Waals surface area contributed by atoms with Gasteiger partial charge >= 0.3 is 12.1 Å². The number of hydrogen-bond acceptors (Lipinski definition) is 5. The Morgan fingerprint density at radius 2 is 1.48 bits per heavy atom. The topological polar surface area (TPSA) is 59.1 Å². The van der Waals surface area contributed by atoms with Gasteiger partial charge in [-0.1, -0.05) is 0 Å². The number of rotatable bonds is 2. The van der Waals surface area contributed by atoms with Crippen molar-refractivity contribution in [1.29, 1.82) is 0 Å². The van der Waals surface area contributed by atoms with Gasteiger partial charge in [-0.05, 0) is 97.4 Å². The lowest BCUT2D eigenvalue weighted by molar-refractivity contribution is 0.00686. The maximum atomic E-state index is 12.6. The number of piperidine rings is 1. The van der Waals surface area contributed by atoms with Crippen molar-refractivity contribution in [2.45, 2.75) is 85.0 Å². The minimum absolute atomic E-state index is 0.170. The van der Waals surface area contributed by atoms with Crippen molar-refractivity contribution in [2.75, 3.05) is 24.5 Å². The first kappa shape index (κ1) is 23.4. The van der Waals surface area contributed by atoms with E-state index in [2.05, 4.69) is 11.8 Å². The Balaban J connectivity index is 1.58. The van der Waals surface area contributed by atoms with Gasteiger partial charge in [-0.2, -0.15) is 0 Å². The van der Waals surface area contributed by atoms with Crippen LogP contribution in [0.15, 0.2) is 24.3 Å². The average molecular weight is 431 g/mol. The van der Waals surface area contributed by atoms with Crippen LogP contribution in [0.25, 0.3) is 0 Å². The molecule has 6 nitrogen and oxygen atoms in total. The van der Waals surface area contributed by atoms with Crippen LogP contribution in [0.1, 0.15) is 78.1 Å². The van der Waals surface area contributed by atoms with Gasteiger partial charge < -0.3 is 19.3 Å². The first-order valence-electron chi connectivity index (χ1n) is 11.4. The lowest BCUT2D eigenvalue weighted by Crippen LogP contribution is -2.43. The van der Waals surface area contributed by atoms with Crippen molar-refractivity contribution in [2.24, 2.45) is 5.41 Å². The van der Waals surface area contributed by atoms with E-state index in [1.807, 2.05) is 70.7 Å². The van der Waals surface area contributed by atoms with E-state index in [-0.39, 0.29) is 23.5 Å². The summed E-state index contributed by atoms with van der Waals surface area (Å²) in [6, 6.07) is 7.89. The highest BCUT2D eigenvalue weighted by Gasteiger charge is 2.46. The number of esters is 1. The molecule has 3 rings (SSSR count). The highest BCUT2D eigenvalue weighted by atomic mass is 16.6. The zero-order valence-electron chi connectivity index (χ0n) is 20.2. The van der Waals surface area contributed by atoms with Crippen LogP contribution in [0.2, 0.25) is 0 Å². The van der Waals surface area contributed by atoms with Crippen LogP contribution >= 0.6 is 0 Å². The summed E-state index contributed by atoms with van der Waals surface area (Å²) in [5.41, 5.74) is 0.898. The number of nitrogens with zero attached hydrogens (tertiary/aromatic N) is 2. The number of amides is 1. The zero-order chi connectivity index (χ0) is 23.0. The van der Waals surface area contributed by atoms with Gasteiger partial charge in [0, 0.05) is 31.4 Å². The first-order valence-corrected chi connectivity index (χ1v) is 11.4. The number of carbonyl (C=O) groups is 2. The Hall–Kier alpha value is -2.24. The largest absolute Gasteiger partial charge is 0.456 e. The van der Waals surface area contributed by atoms with Crippen molar-refractivity contribution in [3.8, 4) is 0 Å². The van der Waals surface area contributed by atoms with E-state index in [0.29, 0.717) is 5.56 Å². The summed E-state index contributed by atoms with van der Waals surface area (Å²) >= 11 is 0. The third kappa shape index (κ3) is 5.92. The quantitative estimate of drug-likeness (QED) is 0.599. The molecule has 2 aliphatic rings. The molecule has 0 aliphatic carbocycles. The SMILES string of the molecule is CC1CC2(CCN(c3ccc(C(=O)OC(C)(C)C)cc3)CC2)CN1C(=O)OC(C)(C)C. The summed E-state index contributed by atoms with van der Waals surface area (Å²) in [6.07, 6.45) is 2.92. The van der Waals surface area contributed by atoms with Gasteiger partial charge in [0.25, 0.3) is 0 Å². The number of ether oxygens (including phenoxy) is 2. The molecule has 0 radical (unpaired) electrons. The van der Waals surface area contributed by atoms with Crippen molar-refractivity contribution in [3.05, 3.63) is 29.8 Å². The Labute approximate surface area is 186 Å². The summed E-state index contributed by atoms with van der Waals surface area (Å²) in [4.78, 5) is 29.1. The van der Waals surface area contributed by atoms with Crippen LogP contribution in [0.4, 0.5) is 10.5 Å². The van der Waals surface area contributed by atoms with Gasteiger partial charge in [0.15, 0.2) is 0 Å². The lowest BCUT2D eigenvalue weighted by Gasteiger charge is -2.40. The molecule has 1 aromatic carbocycles. The molecule has 2 heterocycles. The first-order chi connectivity index (χ1) is 14.3. The van der Waals surface area contributed by atoms with Crippen LogP contribution in [0.5, 0.6) is 0 Å². The highest BCUT2D eigenvalue weighted by Crippen LogP contribution is 2.44. The number of likely N-dealkylation sites (tertiary alicyclic amines) is 1. The summed E-state index contributed by atoms with van der Waals surface area (Å²) in [5, 5.41) is 0. The van der Waals surface area contributed by atoms with Crippen molar-refractivity contribution >= 4 is 17.7 Å². The highest BCUT2D eigenvalue weighted by molar-refractivity contribution is 5.90. The zero-order valence-corrected chi connectivity index (χ0v) is 20.2. The molecule has 1 unspecified atom stereocenters. The van der Waals surface area contributed by atoms with E-state index < -0.39 is 11.2 Å². The van der Waals surface area contributed by atoms with Crippen molar-refractivity contribution in [1.82, 2.24) is 4.90 Å². The predicted molar refractivity (Wildman–Crippen MR) is 123 cm³/mol. The van der Waals surface area contributed by atoms with Crippen LogP contribution in [-0.2, 0) is 9.47 Å². The Kier molecular flexibility index (Phi) is 6.32. The van der Waals surface area contributed by atoms with Gasteiger partial charge in [-0.15, -0.1) is 0 Å². The molecule has 1 spiro atoms. The van der Waals surface area contributed by atoms with Gasteiger partial charge in [0.1, 0.15) is 11.2 Å².